The molecule has 1 unspecified atom stereocenters. The molecular formula is C14H19NOS. The van der Waals surface area contributed by atoms with Crippen molar-refractivity contribution >= 4 is 17.5 Å². The number of benzene rings is 1. The first kappa shape index (κ1) is 12.7. The fourth-order valence-corrected chi connectivity index (χ4v) is 2.65. The van der Waals surface area contributed by atoms with Crippen molar-refractivity contribution in [1.82, 2.24) is 4.90 Å². The van der Waals surface area contributed by atoms with Crippen molar-refractivity contribution in [1.29, 1.82) is 0 Å². The third kappa shape index (κ3) is 3.33. The maximum atomic E-state index is 12.1. The summed E-state index contributed by atoms with van der Waals surface area (Å²) in [5, 5.41) is 0. The largest absolute Gasteiger partial charge is 0.296 e. The maximum Gasteiger partial charge on any atom is 0.176 e. The molecule has 0 spiro atoms. The molecule has 0 N–H and O–H groups in total. The van der Waals surface area contributed by atoms with E-state index in [1.807, 2.05) is 30.5 Å². The standard InChI is InChI=1S/C14H19NOS/c1-11-7-8-15(9-11)10-14(16)12-3-5-13(17-2)6-4-12/h3-6,11H,7-10H2,1-2H3. The number of ketones is 1. The summed E-state index contributed by atoms with van der Waals surface area (Å²) in [6.07, 6.45) is 3.27. The van der Waals surface area contributed by atoms with Crippen LogP contribution in [0.25, 0.3) is 0 Å². The zero-order valence-electron chi connectivity index (χ0n) is 10.5. The topological polar surface area (TPSA) is 20.3 Å². The van der Waals surface area contributed by atoms with Gasteiger partial charge in [-0.2, -0.15) is 0 Å². The van der Waals surface area contributed by atoms with Gasteiger partial charge in [-0.15, -0.1) is 11.8 Å². The van der Waals surface area contributed by atoms with E-state index in [1.54, 1.807) is 11.8 Å². The van der Waals surface area contributed by atoms with E-state index in [-0.39, 0.29) is 5.78 Å². The van der Waals surface area contributed by atoms with E-state index < -0.39 is 0 Å². The molecule has 0 radical (unpaired) electrons. The predicted molar refractivity (Wildman–Crippen MR) is 72.8 cm³/mol. The number of hydrogen-bond donors (Lipinski definition) is 0. The Morgan fingerprint density at radius 2 is 2.12 bits per heavy atom. The molecule has 1 aromatic carbocycles. The minimum absolute atomic E-state index is 0.242. The van der Waals surface area contributed by atoms with Crippen molar-refractivity contribution in [2.75, 3.05) is 25.9 Å². The van der Waals surface area contributed by atoms with Crippen LogP contribution in [0.3, 0.4) is 0 Å². The molecule has 1 atom stereocenters. The second kappa shape index (κ2) is 5.69. The van der Waals surface area contributed by atoms with E-state index in [0.717, 1.165) is 24.6 Å². The smallest absolute Gasteiger partial charge is 0.176 e. The van der Waals surface area contributed by atoms with Gasteiger partial charge in [-0.25, -0.2) is 0 Å². The van der Waals surface area contributed by atoms with E-state index in [9.17, 15) is 4.79 Å². The van der Waals surface area contributed by atoms with Crippen molar-refractivity contribution in [3.05, 3.63) is 29.8 Å². The summed E-state index contributed by atoms with van der Waals surface area (Å²) in [7, 11) is 0. The van der Waals surface area contributed by atoms with Crippen LogP contribution in [-0.2, 0) is 0 Å². The van der Waals surface area contributed by atoms with Crippen LogP contribution in [0, 0.1) is 5.92 Å². The number of thioether (sulfide) groups is 1. The number of carbonyl (C=O) groups is 1. The monoisotopic (exact) mass is 249 g/mol. The minimum Gasteiger partial charge on any atom is -0.296 e. The van der Waals surface area contributed by atoms with Gasteiger partial charge in [-0.1, -0.05) is 19.1 Å². The SMILES string of the molecule is CSc1ccc(C(=O)CN2CCC(C)C2)cc1. The van der Waals surface area contributed by atoms with Crippen LogP contribution < -0.4 is 0 Å². The molecule has 1 heterocycles. The molecule has 17 heavy (non-hydrogen) atoms. The zero-order valence-corrected chi connectivity index (χ0v) is 11.3. The molecule has 0 saturated carbocycles. The van der Waals surface area contributed by atoms with Crippen molar-refractivity contribution in [2.45, 2.75) is 18.2 Å². The summed E-state index contributed by atoms with van der Waals surface area (Å²) in [5.41, 5.74) is 0.836. The molecular weight excluding hydrogens is 230 g/mol. The average molecular weight is 249 g/mol. The molecule has 3 heteroatoms. The third-order valence-corrected chi connectivity index (χ3v) is 4.03. The Balaban J connectivity index is 1.94. The van der Waals surface area contributed by atoms with Crippen LogP contribution in [0.15, 0.2) is 29.2 Å². The Bertz CT molecular complexity index is 388. The van der Waals surface area contributed by atoms with Crippen LogP contribution in [0.2, 0.25) is 0 Å². The van der Waals surface area contributed by atoms with Crippen LogP contribution in [0.5, 0.6) is 0 Å². The molecule has 0 bridgehead atoms. The van der Waals surface area contributed by atoms with Gasteiger partial charge in [0, 0.05) is 17.0 Å². The Hall–Kier alpha value is -0.800. The lowest BCUT2D eigenvalue weighted by Gasteiger charge is -2.14. The Morgan fingerprint density at radius 1 is 1.41 bits per heavy atom. The molecule has 2 nitrogen and oxygen atoms in total. The Kier molecular flexibility index (Phi) is 4.24. The number of hydrogen-bond acceptors (Lipinski definition) is 3. The zero-order chi connectivity index (χ0) is 12.3. The van der Waals surface area contributed by atoms with Crippen LogP contribution >= 0.6 is 11.8 Å². The first-order chi connectivity index (χ1) is 8.19. The van der Waals surface area contributed by atoms with Gasteiger partial charge in [0.15, 0.2) is 5.78 Å². The highest BCUT2D eigenvalue weighted by Gasteiger charge is 2.20. The quantitative estimate of drug-likeness (QED) is 0.604. The van der Waals surface area contributed by atoms with Crippen molar-refractivity contribution in [3.63, 3.8) is 0 Å². The fraction of sp³-hybridized carbons (Fsp3) is 0.500. The summed E-state index contributed by atoms with van der Waals surface area (Å²) in [6, 6.07) is 7.91. The molecule has 92 valence electrons. The molecule has 0 aliphatic carbocycles. The fourth-order valence-electron chi connectivity index (χ4n) is 2.24. The summed E-state index contributed by atoms with van der Waals surface area (Å²) in [4.78, 5) is 15.5. The van der Waals surface area contributed by atoms with Crippen LogP contribution in [0.4, 0.5) is 0 Å². The predicted octanol–water partition coefficient (Wildman–Crippen LogP) is 2.93. The molecule has 1 aromatic rings. The average Bonchev–Trinajstić information content (AvgIpc) is 2.75. The van der Waals surface area contributed by atoms with E-state index in [0.29, 0.717) is 6.54 Å². The number of nitrogens with zero attached hydrogens (tertiary/aromatic N) is 1. The lowest BCUT2D eigenvalue weighted by Crippen LogP contribution is -2.27. The molecule has 1 aliphatic rings. The van der Waals surface area contributed by atoms with Gasteiger partial charge < -0.3 is 0 Å². The van der Waals surface area contributed by atoms with Crippen LogP contribution in [0.1, 0.15) is 23.7 Å². The number of rotatable bonds is 4. The molecule has 1 saturated heterocycles. The van der Waals surface area contributed by atoms with Gasteiger partial charge in [-0.05, 0) is 37.3 Å². The van der Waals surface area contributed by atoms with Crippen molar-refractivity contribution in [3.8, 4) is 0 Å². The Morgan fingerprint density at radius 3 is 2.65 bits per heavy atom. The lowest BCUT2D eigenvalue weighted by atomic mass is 10.1. The molecule has 0 aromatic heterocycles. The van der Waals surface area contributed by atoms with Crippen LogP contribution in [-0.4, -0.2) is 36.6 Å². The van der Waals surface area contributed by atoms with Crippen molar-refractivity contribution < 1.29 is 4.79 Å². The van der Waals surface area contributed by atoms with Crippen molar-refractivity contribution in [2.24, 2.45) is 5.92 Å². The number of carbonyl (C=O) groups excluding carboxylic acids is 1. The highest BCUT2D eigenvalue weighted by molar-refractivity contribution is 7.98. The number of likely N-dealkylation sites (tertiary alicyclic amines) is 1. The van der Waals surface area contributed by atoms with Gasteiger partial charge in [0.05, 0.1) is 6.54 Å². The summed E-state index contributed by atoms with van der Waals surface area (Å²) in [6.45, 7) is 4.95. The summed E-state index contributed by atoms with van der Waals surface area (Å²) in [5.74, 6) is 0.980. The van der Waals surface area contributed by atoms with Gasteiger partial charge in [0.1, 0.15) is 0 Å². The first-order valence-electron chi connectivity index (χ1n) is 6.08. The summed E-state index contributed by atoms with van der Waals surface area (Å²) >= 11 is 1.70. The van der Waals surface area contributed by atoms with E-state index in [4.69, 9.17) is 0 Å². The first-order valence-corrected chi connectivity index (χ1v) is 7.31. The third-order valence-electron chi connectivity index (χ3n) is 3.29. The highest BCUT2D eigenvalue weighted by Crippen LogP contribution is 2.17. The molecule has 2 rings (SSSR count). The van der Waals surface area contributed by atoms with E-state index in [2.05, 4.69) is 11.8 Å². The number of Topliss-reactive ketones (excluding diaryl/α,β-unsaturated/α-hetero) is 1. The van der Waals surface area contributed by atoms with E-state index >= 15 is 0 Å². The second-order valence-electron chi connectivity index (χ2n) is 4.78. The lowest BCUT2D eigenvalue weighted by molar-refractivity contribution is 0.0943. The van der Waals surface area contributed by atoms with Gasteiger partial charge in [-0.3, -0.25) is 9.69 Å². The highest BCUT2D eigenvalue weighted by atomic mass is 32.2. The van der Waals surface area contributed by atoms with Gasteiger partial charge in [0.25, 0.3) is 0 Å². The normalized spacial score (nSPS) is 20.7. The molecule has 1 aliphatic heterocycles. The van der Waals surface area contributed by atoms with Gasteiger partial charge in [0.2, 0.25) is 0 Å². The Labute approximate surface area is 107 Å². The maximum absolute atomic E-state index is 12.1. The molecule has 1 fully saturated rings. The molecule has 0 amide bonds. The van der Waals surface area contributed by atoms with E-state index in [1.165, 1.54) is 11.3 Å². The second-order valence-corrected chi connectivity index (χ2v) is 5.66. The van der Waals surface area contributed by atoms with Gasteiger partial charge >= 0.3 is 0 Å². The summed E-state index contributed by atoms with van der Waals surface area (Å²) < 4.78 is 0. The minimum atomic E-state index is 0.242.